The number of amides is 1. The molecule has 0 unspecified atom stereocenters. The van der Waals surface area contributed by atoms with Crippen LogP contribution in [0.2, 0.25) is 0 Å². The molecule has 1 saturated heterocycles. The Morgan fingerprint density at radius 1 is 1.09 bits per heavy atom. The summed E-state index contributed by atoms with van der Waals surface area (Å²) in [6.45, 7) is 0.774. The molecule has 5 nitrogen and oxygen atoms in total. The van der Waals surface area contributed by atoms with Gasteiger partial charge >= 0.3 is 5.97 Å². The third-order valence-electron chi connectivity index (χ3n) is 4.42. The van der Waals surface area contributed by atoms with Gasteiger partial charge in [0.2, 0.25) is 0 Å². The van der Waals surface area contributed by atoms with Gasteiger partial charge in [0.05, 0.1) is 5.41 Å². The van der Waals surface area contributed by atoms with E-state index in [1.807, 2.05) is 30.3 Å². The Balaban J connectivity index is 1.78. The van der Waals surface area contributed by atoms with E-state index in [1.54, 1.807) is 17.0 Å². The van der Waals surface area contributed by atoms with Crippen LogP contribution in [0, 0.1) is 0 Å². The Morgan fingerprint density at radius 3 is 2.26 bits per heavy atom. The lowest BCUT2D eigenvalue weighted by Crippen LogP contribution is -2.49. The van der Waals surface area contributed by atoms with Crippen molar-refractivity contribution >= 4 is 27.8 Å². The summed E-state index contributed by atoms with van der Waals surface area (Å²) in [5.41, 5.74) is -0.137. The van der Waals surface area contributed by atoms with Gasteiger partial charge < -0.3 is 14.4 Å². The molecule has 1 amide bonds. The van der Waals surface area contributed by atoms with Crippen LogP contribution < -0.4 is 0 Å². The lowest BCUT2D eigenvalue weighted by Gasteiger charge is -2.38. The first-order chi connectivity index (χ1) is 11.0. The van der Waals surface area contributed by atoms with Gasteiger partial charge in [-0.2, -0.15) is 0 Å². The van der Waals surface area contributed by atoms with Crippen molar-refractivity contribution in [1.82, 2.24) is 4.90 Å². The highest BCUT2D eigenvalue weighted by molar-refractivity contribution is 9.10. The molecule has 1 aliphatic rings. The molecule has 120 valence electrons. The van der Waals surface area contributed by atoms with E-state index >= 15 is 0 Å². The standard InChI is InChI=1S/C17H16BrNO4/c18-14-7-6-13(23-14)15(20)19-10-8-17(9-11-19,16(21)22)12-4-2-1-3-5-12/h1-7H,8-11H2,(H,21,22). The molecule has 2 heterocycles. The summed E-state index contributed by atoms with van der Waals surface area (Å²) >= 11 is 3.18. The van der Waals surface area contributed by atoms with E-state index < -0.39 is 11.4 Å². The molecule has 1 N–H and O–H groups in total. The SMILES string of the molecule is O=C(c1ccc(Br)o1)N1CCC(C(=O)O)(c2ccccc2)CC1. The van der Waals surface area contributed by atoms with Crippen LogP contribution in [0.3, 0.4) is 0 Å². The lowest BCUT2D eigenvalue weighted by molar-refractivity contribution is -0.145. The molecular weight excluding hydrogens is 362 g/mol. The molecule has 23 heavy (non-hydrogen) atoms. The average molecular weight is 378 g/mol. The van der Waals surface area contributed by atoms with Gasteiger partial charge in [0.1, 0.15) is 0 Å². The Morgan fingerprint density at radius 2 is 1.74 bits per heavy atom. The van der Waals surface area contributed by atoms with Crippen molar-refractivity contribution in [3.05, 3.63) is 58.5 Å². The second-order valence-corrected chi connectivity index (χ2v) is 6.43. The highest BCUT2D eigenvalue weighted by Gasteiger charge is 2.44. The summed E-state index contributed by atoms with van der Waals surface area (Å²) in [4.78, 5) is 25.9. The number of rotatable bonds is 3. The van der Waals surface area contributed by atoms with Crippen LogP contribution in [-0.2, 0) is 10.2 Å². The number of carbonyl (C=O) groups excluding carboxylic acids is 1. The normalized spacial score (nSPS) is 17.0. The second-order valence-electron chi connectivity index (χ2n) is 5.65. The molecule has 1 fully saturated rings. The van der Waals surface area contributed by atoms with Crippen LogP contribution >= 0.6 is 15.9 Å². The lowest BCUT2D eigenvalue weighted by atomic mass is 9.73. The van der Waals surface area contributed by atoms with Crippen LogP contribution in [0.1, 0.15) is 29.0 Å². The summed E-state index contributed by atoms with van der Waals surface area (Å²) in [6, 6.07) is 12.5. The number of carboxylic acids is 1. The van der Waals surface area contributed by atoms with Crippen molar-refractivity contribution in [3.8, 4) is 0 Å². The predicted molar refractivity (Wildman–Crippen MR) is 87.3 cm³/mol. The maximum absolute atomic E-state index is 12.4. The van der Waals surface area contributed by atoms with Crippen molar-refractivity contribution in [2.75, 3.05) is 13.1 Å². The van der Waals surface area contributed by atoms with Crippen LogP contribution in [0.5, 0.6) is 0 Å². The zero-order chi connectivity index (χ0) is 16.4. The van der Waals surface area contributed by atoms with Gasteiger partial charge in [-0.3, -0.25) is 9.59 Å². The molecule has 1 aromatic carbocycles. The van der Waals surface area contributed by atoms with Crippen molar-refractivity contribution in [2.24, 2.45) is 0 Å². The number of aliphatic carboxylic acids is 1. The summed E-state index contributed by atoms with van der Waals surface area (Å²) in [7, 11) is 0. The van der Waals surface area contributed by atoms with E-state index in [-0.39, 0.29) is 11.7 Å². The molecule has 0 radical (unpaired) electrons. The molecule has 3 rings (SSSR count). The largest absolute Gasteiger partial charge is 0.481 e. The van der Waals surface area contributed by atoms with Crippen LogP contribution in [0.15, 0.2) is 51.6 Å². The molecule has 0 aliphatic carbocycles. The number of hydrogen-bond donors (Lipinski definition) is 1. The van der Waals surface area contributed by atoms with Crippen molar-refractivity contribution < 1.29 is 19.1 Å². The fourth-order valence-electron chi connectivity index (χ4n) is 3.06. The molecule has 0 spiro atoms. The van der Waals surface area contributed by atoms with E-state index in [1.165, 1.54) is 0 Å². The summed E-state index contributed by atoms with van der Waals surface area (Å²) < 4.78 is 5.79. The third-order valence-corrected chi connectivity index (χ3v) is 4.85. The van der Waals surface area contributed by atoms with E-state index in [0.29, 0.717) is 30.6 Å². The Labute approximate surface area is 142 Å². The molecule has 0 saturated carbocycles. The number of likely N-dealkylation sites (tertiary alicyclic amines) is 1. The van der Waals surface area contributed by atoms with Gasteiger partial charge in [-0.05, 0) is 46.5 Å². The van der Waals surface area contributed by atoms with Gasteiger partial charge in [-0.1, -0.05) is 30.3 Å². The average Bonchev–Trinajstić information content (AvgIpc) is 3.01. The van der Waals surface area contributed by atoms with Crippen molar-refractivity contribution in [2.45, 2.75) is 18.3 Å². The number of piperidine rings is 1. The number of benzene rings is 1. The van der Waals surface area contributed by atoms with Crippen molar-refractivity contribution in [3.63, 3.8) is 0 Å². The highest BCUT2D eigenvalue weighted by atomic mass is 79.9. The smallest absolute Gasteiger partial charge is 0.314 e. The number of carbonyl (C=O) groups is 2. The maximum atomic E-state index is 12.4. The monoisotopic (exact) mass is 377 g/mol. The van der Waals surface area contributed by atoms with Gasteiger partial charge in [-0.15, -0.1) is 0 Å². The van der Waals surface area contributed by atoms with Gasteiger partial charge in [0.15, 0.2) is 10.4 Å². The van der Waals surface area contributed by atoms with Crippen LogP contribution in [0.4, 0.5) is 0 Å². The minimum Gasteiger partial charge on any atom is -0.481 e. The second kappa shape index (κ2) is 6.20. The molecule has 0 atom stereocenters. The minimum absolute atomic E-state index is 0.206. The maximum Gasteiger partial charge on any atom is 0.314 e. The van der Waals surface area contributed by atoms with E-state index in [9.17, 15) is 14.7 Å². The van der Waals surface area contributed by atoms with Crippen LogP contribution in [-0.4, -0.2) is 35.0 Å². The number of carboxylic acid groups (broad SMARTS) is 1. The first-order valence-electron chi connectivity index (χ1n) is 7.36. The van der Waals surface area contributed by atoms with E-state index in [2.05, 4.69) is 15.9 Å². The molecule has 6 heteroatoms. The number of halogens is 1. The zero-order valence-corrected chi connectivity index (χ0v) is 14.0. The molecular formula is C17H16BrNO4. The quantitative estimate of drug-likeness (QED) is 0.890. The molecule has 2 aromatic rings. The topological polar surface area (TPSA) is 70.8 Å². The van der Waals surface area contributed by atoms with Crippen molar-refractivity contribution in [1.29, 1.82) is 0 Å². The number of hydrogen-bond acceptors (Lipinski definition) is 3. The van der Waals surface area contributed by atoms with Gasteiger partial charge in [-0.25, -0.2) is 0 Å². The minimum atomic E-state index is -0.929. The first-order valence-corrected chi connectivity index (χ1v) is 8.16. The summed E-state index contributed by atoms with van der Waals surface area (Å²) in [5, 5.41) is 9.76. The highest BCUT2D eigenvalue weighted by Crippen LogP contribution is 2.36. The predicted octanol–water partition coefficient (Wildman–Crippen LogP) is 3.30. The molecule has 0 bridgehead atoms. The van der Waals surface area contributed by atoms with Crippen LogP contribution in [0.25, 0.3) is 0 Å². The molecule has 1 aromatic heterocycles. The number of nitrogens with zero attached hydrogens (tertiary/aromatic N) is 1. The number of furan rings is 1. The fourth-order valence-corrected chi connectivity index (χ4v) is 3.37. The fraction of sp³-hybridized carbons (Fsp3) is 0.294. The third kappa shape index (κ3) is 2.91. The Kier molecular flexibility index (Phi) is 4.26. The summed E-state index contributed by atoms with van der Waals surface area (Å²) in [6.07, 6.45) is 0.778. The Hall–Kier alpha value is -2.08. The zero-order valence-electron chi connectivity index (χ0n) is 12.4. The summed E-state index contributed by atoms with van der Waals surface area (Å²) in [5.74, 6) is -0.779. The van der Waals surface area contributed by atoms with E-state index in [0.717, 1.165) is 5.56 Å². The van der Waals surface area contributed by atoms with Gasteiger partial charge in [0.25, 0.3) is 5.91 Å². The Bertz CT molecular complexity index is 717. The van der Waals surface area contributed by atoms with E-state index in [4.69, 9.17) is 4.42 Å². The first kappa shape index (κ1) is 15.8. The molecule has 1 aliphatic heterocycles. The van der Waals surface area contributed by atoms with Gasteiger partial charge in [0, 0.05) is 13.1 Å².